The van der Waals surface area contributed by atoms with Gasteiger partial charge in [0.2, 0.25) is 11.8 Å². The number of piperidine rings is 1. The smallest absolute Gasteiger partial charge is 0.245 e. The van der Waals surface area contributed by atoms with Crippen molar-refractivity contribution in [3.63, 3.8) is 0 Å². The molecule has 2 heterocycles. The second-order valence-corrected chi connectivity index (χ2v) is 11.1. The van der Waals surface area contributed by atoms with E-state index < -0.39 is 6.04 Å². The summed E-state index contributed by atoms with van der Waals surface area (Å²) in [6, 6.07) is 6.92. The van der Waals surface area contributed by atoms with Crippen molar-refractivity contribution in [1.29, 1.82) is 0 Å². The van der Waals surface area contributed by atoms with E-state index in [1.807, 2.05) is 47.1 Å². The fourth-order valence-electron chi connectivity index (χ4n) is 6.14. The molecule has 1 atom stereocenters. The van der Waals surface area contributed by atoms with Gasteiger partial charge in [-0.1, -0.05) is 49.9 Å². The molecule has 1 aliphatic carbocycles. The minimum absolute atomic E-state index is 0.00440. The second kappa shape index (κ2) is 13.4. The maximum Gasteiger partial charge on any atom is 0.245 e. The Hall–Kier alpha value is -2.45. The molecule has 0 radical (unpaired) electrons. The summed E-state index contributed by atoms with van der Waals surface area (Å²) in [6.45, 7) is 5.68. The van der Waals surface area contributed by atoms with Gasteiger partial charge in [-0.25, -0.2) is 4.98 Å². The van der Waals surface area contributed by atoms with Crippen molar-refractivity contribution in [2.24, 2.45) is 11.3 Å². The average molecular weight is 529 g/mol. The third kappa shape index (κ3) is 7.54. The molecule has 0 bridgehead atoms. The van der Waals surface area contributed by atoms with Crippen LogP contribution in [0.5, 0.6) is 0 Å². The normalized spacial score (nSPS) is 18.9. The maximum atomic E-state index is 13.8. The van der Waals surface area contributed by atoms with Crippen molar-refractivity contribution in [2.45, 2.75) is 77.3 Å². The van der Waals surface area contributed by atoms with E-state index in [-0.39, 0.29) is 17.2 Å². The summed E-state index contributed by atoms with van der Waals surface area (Å²) in [5.74, 6) is 0.552. The molecule has 4 rings (SSSR count). The Morgan fingerprint density at radius 1 is 1.14 bits per heavy atom. The lowest BCUT2D eigenvalue weighted by Crippen LogP contribution is -2.54. The SMILES string of the molecule is CCNCCC(=O)N[C@H](Cc1ccc(Cl)cc1)C(=O)N1CCC(Cn2cncn2)(C2CCCCC2)CC1. The summed E-state index contributed by atoms with van der Waals surface area (Å²) in [4.78, 5) is 32.6. The van der Waals surface area contributed by atoms with E-state index in [2.05, 4.69) is 20.7 Å². The number of halogens is 1. The van der Waals surface area contributed by atoms with Gasteiger partial charge in [0.25, 0.3) is 0 Å². The van der Waals surface area contributed by atoms with Crippen molar-refractivity contribution in [1.82, 2.24) is 30.3 Å². The third-order valence-corrected chi connectivity index (χ3v) is 8.50. The molecule has 1 aromatic carbocycles. The molecule has 0 spiro atoms. The third-order valence-electron chi connectivity index (χ3n) is 8.25. The van der Waals surface area contributed by atoms with Crippen LogP contribution in [-0.2, 0) is 22.6 Å². The van der Waals surface area contributed by atoms with Crippen molar-refractivity contribution in [2.75, 3.05) is 26.2 Å². The molecular formula is C28H41ClN6O2. The van der Waals surface area contributed by atoms with Crippen LogP contribution in [0, 0.1) is 11.3 Å². The zero-order chi connectivity index (χ0) is 26.1. The van der Waals surface area contributed by atoms with Gasteiger partial charge in [-0.2, -0.15) is 5.10 Å². The monoisotopic (exact) mass is 528 g/mol. The summed E-state index contributed by atoms with van der Waals surface area (Å²) in [6.07, 6.45) is 12.5. The molecule has 1 aromatic heterocycles. The predicted octanol–water partition coefficient (Wildman–Crippen LogP) is 3.85. The van der Waals surface area contributed by atoms with Crippen molar-refractivity contribution < 1.29 is 9.59 Å². The molecule has 2 aromatic rings. The number of nitrogens with zero attached hydrogens (tertiary/aromatic N) is 4. The Morgan fingerprint density at radius 2 is 1.86 bits per heavy atom. The van der Waals surface area contributed by atoms with Gasteiger partial charge in [0, 0.05) is 44.0 Å². The molecule has 2 fully saturated rings. The number of likely N-dealkylation sites (tertiary alicyclic amines) is 1. The molecular weight excluding hydrogens is 488 g/mol. The van der Waals surface area contributed by atoms with Gasteiger partial charge in [0.05, 0.1) is 0 Å². The quantitative estimate of drug-likeness (QED) is 0.432. The van der Waals surface area contributed by atoms with E-state index in [0.29, 0.717) is 43.4 Å². The molecule has 0 unspecified atom stereocenters. The van der Waals surface area contributed by atoms with Gasteiger partial charge >= 0.3 is 0 Å². The Bertz CT molecular complexity index is 983. The number of carbonyl (C=O) groups is 2. The molecule has 2 aliphatic rings. The lowest BCUT2D eigenvalue weighted by molar-refractivity contribution is -0.139. The predicted molar refractivity (Wildman–Crippen MR) is 145 cm³/mol. The summed E-state index contributed by atoms with van der Waals surface area (Å²) in [7, 11) is 0. The van der Waals surface area contributed by atoms with Crippen molar-refractivity contribution in [3.05, 3.63) is 47.5 Å². The Kier molecular flexibility index (Phi) is 9.97. The topological polar surface area (TPSA) is 92.2 Å². The van der Waals surface area contributed by atoms with Crippen LogP contribution >= 0.6 is 11.6 Å². The molecule has 1 aliphatic heterocycles. The van der Waals surface area contributed by atoms with Crippen LogP contribution in [0.25, 0.3) is 0 Å². The fourth-order valence-corrected chi connectivity index (χ4v) is 6.27. The molecule has 37 heavy (non-hydrogen) atoms. The van der Waals surface area contributed by atoms with E-state index in [1.54, 1.807) is 6.33 Å². The van der Waals surface area contributed by atoms with E-state index in [1.165, 1.54) is 32.1 Å². The van der Waals surface area contributed by atoms with Gasteiger partial charge in [-0.15, -0.1) is 0 Å². The first-order chi connectivity index (χ1) is 18.0. The maximum absolute atomic E-state index is 13.8. The lowest BCUT2D eigenvalue weighted by Gasteiger charge is -2.48. The molecule has 9 heteroatoms. The Labute approximate surface area is 225 Å². The first kappa shape index (κ1) is 27.6. The minimum Gasteiger partial charge on any atom is -0.344 e. The number of carbonyl (C=O) groups excluding carboxylic acids is 2. The average Bonchev–Trinajstić information content (AvgIpc) is 3.43. The standard InChI is InChI=1S/C28H41ClN6O2/c1-2-30-15-12-26(36)33-25(18-22-8-10-24(29)11-9-22)27(37)34-16-13-28(14-17-34,19-35-21-31-20-32-35)23-6-4-3-5-7-23/h8-11,20-21,23,25,30H,2-7,12-19H2,1H3,(H,33,36)/t25-/m1/s1. The van der Waals surface area contributed by atoms with Gasteiger partial charge in [0.1, 0.15) is 18.7 Å². The van der Waals surface area contributed by atoms with Crippen LogP contribution in [0.4, 0.5) is 0 Å². The van der Waals surface area contributed by atoms with Gasteiger partial charge in [-0.3, -0.25) is 14.3 Å². The minimum atomic E-state index is -0.590. The summed E-state index contributed by atoms with van der Waals surface area (Å²) in [5.41, 5.74) is 1.11. The molecule has 8 nitrogen and oxygen atoms in total. The van der Waals surface area contributed by atoms with Crippen LogP contribution in [0.3, 0.4) is 0 Å². The van der Waals surface area contributed by atoms with Crippen molar-refractivity contribution in [3.8, 4) is 0 Å². The number of nitrogens with one attached hydrogen (secondary N) is 2. The van der Waals surface area contributed by atoms with Crippen LogP contribution in [-0.4, -0.2) is 63.7 Å². The Morgan fingerprint density at radius 3 is 2.51 bits per heavy atom. The highest BCUT2D eigenvalue weighted by atomic mass is 35.5. The summed E-state index contributed by atoms with van der Waals surface area (Å²) in [5, 5.41) is 11.3. The summed E-state index contributed by atoms with van der Waals surface area (Å²) >= 11 is 6.07. The van der Waals surface area contributed by atoms with Crippen LogP contribution in [0.15, 0.2) is 36.9 Å². The van der Waals surface area contributed by atoms with Crippen LogP contribution < -0.4 is 10.6 Å². The molecule has 2 N–H and O–H groups in total. The van der Waals surface area contributed by atoms with E-state index in [9.17, 15) is 9.59 Å². The van der Waals surface area contributed by atoms with E-state index >= 15 is 0 Å². The highest BCUT2D eigenvalue weighted by molar-refractivity contribution is 6.30. The first-order valence-corrected chi connectivity index (χ1v) is 14.2. The van der Waals surface area contributed by atoms with Crippen LogP contribution in [0.1, 0.15) is 63.9 Å². The number of amides is 2. The van der Waals surface area contributed by atoms with Gasteiger partial charge in [0.15, 0.2) is 0 Å². The number of rotatable bonds is 11. The Balaban J connectivity index is 1.45. The zero-order valence-corrected chi connectivity index (χ0v) is 22.8. The van der Waals surface area contributed by atoms with Gasteiger partial charge in [-0.05, 0) is 61.3 Å². The number of hydrogen-bond donors (Lipinski definition) is 2. The fraction of sp³-hybridized carbons (Fsp3) is 0.643. The highest BCUT2D eigenvalue weighted by Crippen LogP contribution is 2.47. The van der Waals surface area contributed by atoms with E-state index in [0.717, 1.165) is 31.5 Å². The molecule has 202 valence electrons. The molecule has 1 saturated heterocycles. The number of hydrogen-bond acceptors (Lipinski definition) is 5. The largest absolute Gasteiger partial charge is 0.344 e. The zero-order valence-electron chi connectivity index (χ0n) is 22.0. The molecule has 2 amide bonds. The van der Waals surface area contributed by atoms with Gasteiger partial charge < -0.3 is 15.5 Å². The highest BCUT2D eigenvalue weighted by Gasteiger charge is 2.43. The van der Waals surface area contributed by atoms with Crippen molar-refractivity contribution >= 4 is 23.4 Å². The molecule has 1 saturated carbocycles. The number of aromatic nitrogens is 3. The summed E-state index contributed by atoms with van der Waals surface area (Å²) < 4.78 is 1.97. The second-order valence-electron chi connectivity index (χ2n) is 10.7. The lowest BCUT2D eigenvalue weighted by atomic mass is 9.63. The van der Waals surface area contributed by atoms with Crippen LogP contribution in [0.2, 0.25) is 5.02 Å². The van der Waals surface area contributed by atoms with E-state index in [4.69, 9.17) is 11.6 Å². The first-order valence-electron chi connectivity index (χ1n) is 13.8. The number of benzene rings is 1.